The Morgan fingerprint density at radius 3 is 2.36 bits per heavy atom. The Balaban J connectivity index is 2.26. The first-order valence-electron chi connectivity index (χ1n) is 19.7. The molecule has 0 amide bonds. The molecule has 14 heteroatoms. The summed E-state index contributed by atoms with van der Waals surface area (Å²) in [5.41, 5.74) is -1.91. The maximum Gasteiger partial charge on any atom is 0.311 e. The quantitative estimate of drug-likeness (QED) is 0.146. The number of likely N-dealkylation sites (N-methyl/N-ethyl adjacent to an activating group) is 1. The van der Waals surface area contributed by atoms with Crippen LogP contribution < -0.4 is 0 Å². The molecule has 2 N–H and O–H groups in total. The number of esters is 2. The van der Waals surface area contributed by atoms with Gasteiger partial charge < -0.3 is 48.4 Å². The summed E-state index contributed by atoms with van der Waals surface area (Å²) in [6.07, 6.45) is -3.65. The van der Waals surface area contributed by atoms with Crippen LogP contribution in [0.25, 0.3) is 0 Å². The number of nitrogens with zero attached hydrogens (tertiary/aromatic N) is 2. The van der Waals surface area contributed by atoms with Crippen LogP contribution in [0.5, 0.6) is 0 Å². The Kier molecular flexibility index (Phi) is 17.8. The molecule has 2 saturated heterocycles. The average Bonchev–Trinajstić information content (AvgIpc) is 3.14. The van der Waals surface area contributed by atoms with Crippen LogP contribution in [0.1, 0.15) is 87.1 Å². The highest BCUT2D eigenvalue weighted by molar-refractivity contribution is 6.31. The monoisotopic (exact) mass is 810 g/mol. The molecule has 56 heavy (non-hydrogen) atoms. The highest BCUT2D eigenvalue weighted by Crippen LogP contribution is 2.40. The van der Waals surface area contributed by atoms with Crippen molar-refractivity contribution in [2.24, 2.45) is 28.8 Å². The van der Waals surface area contributed by atoms with Gasteiger partial charge in [-0.25, -0.2) is 0 Å². The summed E-state index contributed by atoms with van der Waals surface area (Å²) in [6.45, 7) is 19.7. The Bertz CT molecular complexity index is 1480. The van der Waals surface area contributed by atoms with Crippen molar-refractivity contribution >= 4 is 29.3 Å². The van der Waals surface area contributed by atoms with E-state index in [1.165, 1.54) is 13.8 Å². The molecule has 0 aromatic heterocycles. The lowest BCUT2D eigenvalue weighted by Gasteiger charge is -2.49. The van der Waals surface area contributed by atoms with E-state index in [9.17, 15) is 19.8 Å². The van der Waals surface area contributed by atoms with Crippen molar-refractivity contribution < 1.29 is 53.1 Å². The largest absolute Gasteiger partial charge is 0.459 e. The smallest absolute Gasteiger partial charge is 0.311 e. The van der Waals surface area contributed by atoms with E-state index >= 15 is 0 Å². The van der Waals surface area contributed by atoms with E-state index in [1.54, 1.807) is 40.0 Å². The van der Waals surface area contributed by atoms with Crippen LogP contribution >= 0.6 is 11.6 Å². The van der Waals surface area contributed by atoms with E-state index in [-0.39, 0.29) is 38.2 Å². The lowest BCUT2D eigenvalue weighted by molar-refractivity contribution is -0.304. The second kappa shape index (κ2) is 20.9. The van der Waals surface area contributed by atoms with Crippen molar-refractivity contribution in [3.63, 3.8) is 0 Å². The molecule has 13 nitrogen and oxygen atoms in total. The molecule has 0 aliphatic carbocycles. The molecule has 0 radical (unpaired) electrons. The van der Waals surface area contributed by atoms with Crippen LogP contribution in [-0.2, 0) is 49.5 Å². The Hall–Kier alpha value is -2.62. The van der Waals surface area contributed by atoms with Gasteiger partial charge in [-0.2, -0.15) is 0 Å². The Labute approximate surface area is 338 Å². The number of methoxy groups -OCH3 is 1. The van der Waals surface area contributed by atoms with Gasteiger partial charge in [0.2, 0.25) is 0 Å². The molecule has 0 spiro atoms. The van der Waals surface area contributed by atoms with E-state index in [1.807, 2.05) is 64.9 Å². The van der Waals surface area contributed by atoms with Gasteiger partial charge in [0.05, 0.1) is 54.3 Å². The maximum absolute atomic E-state index is 14.1. The number of benzene rings is 1. The van der Waals surface area contributed by atoms with Gasteiger partial charge >= 0.3 is 11.9 Å². The number of oxime groups is 1. The molecule has 2 heterocycles. The van der Waals surface area contributed by atoms with Crippen molar-refractivity contribution in [1.29, 1.82) is 0 Å². The predicted molar refractivity (Wildman–Crippen MR) is 214 cm³/mol. The molecule has 14 atom stereocenters. The van der Waals surface area contributed by atoms with Crippen molar-refractivity contribution in [2.75, 3.05) is 27.8 Å². The Morgan fingerprint density at radius 2 is 1.79 bits per heavy atom. The summed E-state index contributed by atoms with van der Waals surface area (Å²) in [5, 5.41) is 29.0. The van der Waals surface area contributed by atoms with Crippen LogP contribution in [0.2, 0.25) is 5.02 Å². The molecule has 0 bridgehead atoms. The number of rotatable bonds is 12. The second-order valence-corrected chi connectivity index (χ2v) is 16.7. The van der Waals surface area contributed by atoms with Gasteiger partial charge in [-0.05, 0) is 67.1 Å². The van der Waals surface area contributed by atoms with E-state index < -0.39 is 83.6 Å². The third kappa shape index (κ3) is 11.5. The van der Waals surface area contributed by atoms with E-state index in [4.69, 9.17) is 44.9 Å². The minimum absolute atomic E-state index is 0.0522. The third-order valence-corrected chi connectivity index (χ3v) is 11.9. The van der Waals surface area contributed by atoms with Crippen LogP contribution in [-0.4, -0.2) is 121 Å². The van der Waals surface area contributed by atoms with Crippen LogP contribution in [0.15, 0.2) is 42.1 Å². The molecule has 2 aliphatic rings. The summed E-state index contributed by atoms with van der Waals surface area (Å²) in [6, 6.07) is 7.03. The number of carbonyl (C=O) groups is 2. The number of halogens is 1. The van der Waals surface area contributed by atoms with Crippen molar-refractivity contribution in [3.8, 4) is 0 Å². The van der Waals surface area contributed by atoms with Gasteiger partial charge in [-0.3, -0.25) is 9.59 Å². The molecule has 1 aromatic carbocycles. The van der Waals surface area contributed by atoms with Gasteiger partial charge in [0.25, 0.3) is 0 Å². The van der Waals surface area contributed by atoms with Gasteiger partial charge in [0.15, 0.2) is 12.4 Å². The number of hydrogen-bond acceptors (Lipinski definition) is 13. The Morgan fingerprint density at radius 1 is 1.12 bits per heavy atom. The second-order valence-electron chi connectivity index (χ2n) is 16.2. The standard InChI is InChI=1S/C42H67ClN2O11/c1-14-20-51-35-27(6)38(56-40-36(54-29(8)46)32(45(11)12)21-25(4)53-40)41(9,50-13)22-24(3)34(44-52-23-30-18-16-17-19-31(30)43)26(5)37(47)42(10,49)33(15-2)55-39(48)28(35)7/h14,16-19,24-28,32-33,35-38,40,47,49H,1,15,20-23H2,2-13H3/b44-34+/t24-,25-,26+,27+,28-,32+,33-,35+,36-,37-,38-,40+,41-,42-/m1/s1. The van der Waals surface area contributed by atoms with Gasteiger partial charge in [-0.1, -0.05) is 68.7 Å². The van der Waals surface area contributed by atoms with Gasteiger partial charge in [-0.15, -0.1) is 6.58 Å². The normalized spacial score (nSPS) is 38.4. The zero-order valence-corrected chi connectivity index (χ0v) is 36.2. The fourth-order valence-electron chi connectivity index (χ4n) is 8.33. The van der Waals surface area contributed by atoms with E-state index in [0.29, 0.717) is 22.7 Å². The first kappa shape index (κ1) is 47.8. The summed E-state index contributed by atoms with van der Waals surface area (Å²) >= 11 is 6.42. The predicted octanol–water partition coefficient (Wildman–Crippen LogP) is 5.95. The summed E-state index contributed by atoms with van der Waals surface area (Å²) in [7, 11) is 5.41. The maximum atomic E-state index is 14.1. The first-order valence-corrected chi connectivity index (χ1v) is 20.1. The summed E-state index contributed by atoms with van der Waals surface area (Å²) < 4.78 is 38.2. The molecule has 0 saturated carbocycles. The molecular formula is C42H67ClN2O11. The van der Waals surface area contributed by atoms with Gasteiger partial charge in [0.1, 0.15) is 18.3 Å². The van der Waals surface area contributed by atoms with Crippen molar-refractivity contribution in [2.45, 2.75) is 148 Å². The molecule has 0 unspecified atom stereocenters. The SMILES string of the molecule is C=CCO[C@H]1[C@H](C)[C@@H](O[C@@H]2O[C@H](C)C[C@H](N(C)C)[C@H]2OC(C)=O)[C@](C)(OC)C[C@@H](C)/C(=N\OCc2ccccc2Cl)[C@H](C)[C@@H](O)[C@](C)(O)[C@@H](CC)OC(=O)[C@@H]1C. The van der Waals surface area contributed by atoms with Crippen LogP contribution in [0.3, 0.4) is 0 Å². The minimum Gasteiger partial charge on any atom is -0.459 e. The fourth-order valence-corrected chi connectivity index (χ4v) is 8.52. The lowest BCUT2D eigenvalue weighted by atomic mass is 9.73. The number of aliphatic hydroxyl groups is 2. The minimum atomic E-state index is -1.89. The third-order valence-electron chi connectivity index (χ3n) is 11.6. The van der Waals surface area contributed by atoms with Gasteiger partial charge in [0, 0.05) is 42.4 Å². The highest BCUT2D eigenvalue weighted by Gasteiger charge is 2.52. The molecule has 2 fully saturated rings. The lowest BCUT2D eigenvalue weighted by Crippen LogP contribution is -2.61. The number of aliphatic hydroxyl groups excluding tert-OH is 1. The summed E-state index contributed by atoms with van der Waals surface area (Å²) in [4.78, 5) is 34.5. The summed E-state index contributed by atoms with van der Waals surface area (Å²) in [5.74, 6) is -3.83. The van der Waals surface area contributed by atoms with E-state index in [0.717, 1.165) is 0 Å². The highest BCUT2D eigenvalue weighted by atomic mass is 35.5. The van der Waals surface area contributed by atoms with Crippen molar-refractivity contribution in [1.82, 2.24) is 4.90 Å². The zero-order chi connectivity index (χ0) is 42.1. The van der Waals surface area contributed by atoms with Crippen LogP contribution in [0.4, 0.5) is 0 Å². The molecule has 1 aromatic rings. The molecule has 318 valence electrons. The number of carbonyl (C=O) groups excluding carboxylic acids is 2. The van der Waals surface area contributed by atoms with Crippen LogP contribution in [0, 0.1) is 23.7 Å². The molecule has 3 rings (SSSR count). The average molecular weight is 811 g/mol. The number of ether oxygens (including phenoxy) is 6. The first-order chi connectivity index (χ1) is 26.2. The number of hydrogen-bond donors (Lipinski definition) is 2. The molecule has 2 aliphatic heterocycles. The number of cyclic esters (lactones) is 1. The topological polar surface area (TPSA) is 155 Å². The van der Waals surface area contributed by atoms with E-state index in [2.05, 4.69) is 11.7 Å². The fraction of sp³-hybridized carbons (Fsp3) is 0.738. The molecular weight excluding hydrogens is 744 g/mol. The van der Waals surface area contributed by atoms with Crippen molar-refractivity contribution in [3.05, 3.63) is 47.5 Å². The zero-order valence-electron chi connectivity index (χ0n) is 35.4.